The van der Waals surface area contributed by atoms with E-state index in [9.17, 15) is 18.0 Å². The molecule has 142 valence electrons. The molecule has 2 fully saturated rings. The molecule has 0 spiro atoms. The number of carbonyl (C=O) groups is 2. The largest absolute Gasteiger partial charge is 0.378 e. The summed E-state index contributed by atoms with van der Waals surface area (Å²) in [5.74, 6) is -0.566. The summed E-state index contributed by atoms with van der Waals surface area (Å²) >= 11 is 0. The molecule has 0 aliphatic carbocycles. The van der Waals surface area contributed by atoms with E-state index in [1.165, 1.54) is 12.1 Å². The van der Waals surface area contributed by atoms with Gasteiger partial charge in [0.15, 0.2) is 9.84 Å². The molecule has 1 aromatic rings. The minimum absolute atomic E-state index is 0.0509. The van der Waals surface area contributed by atoms with Gasteiger partial charge in [-0.3, -0.25) is 9.59 Å². The van der Waals surface area contributed by atoms with Crippen molar-refractivity contribution in [2.24, 2.45) is 0 Å². The minimum Gasteiger partial charge on any atom is -0.378 e. The summed E-state index contributed by atoms with van der Waals surface area (Å²) in [4.78, 5) is 28.8. The van der Waals surface area contributed by atoms with Crippen molar-refractivity contribution in [3.63, 3.8) is 0 Å². The van der Waals surface area contributed by atoms with Crippen LogP contribution >= 0.6 is 0 Å². The van der Waals surface area contributed by atoms with Crippen molar-refractivity contribution >= 4 is 21.7 Å². The zero-order valence-corrected chi connectivity index (χ0v) is 15.5. The van der Waals surface area contributed by atoms with Gasteiger partial charge in [0.1, 0.15) is 6.04 Å². The van der Waals surface area contributed by atoms with Gasteiger partial charge >= 0.3 is 0 Å². The van der Waals surface area contributed by atoms with Crippen molar-refractivity contribution in [3.8, 4) is 0 Å². The van der Waals surface area contributed by atoms with Crippen LogP contribution in [0.25, 0.3) is 0 Å². The standard InChI is InChI=1S/C18H24N2O5S/c21-17(8-14-26(23,24)15-5-2-1-3-6-15)20-9-4-7-16(20)18(22)19-10-12-25-13-11-19/h1-3,5-6,16H,4,7-14H2/t16-/m1/s1. The van der Waals surface area contributed by atoms with Gasteiger partial charge in [0.2, 0.25) is 11.8 Å². The van der Waals surface area contributed by atoms with Gasteiger partial charge in [-0.05, 0) is 25.0 Å². The van der Waals surface area contributed by atoms with E-state index in [-0.39, 0.29) is 28.9 Å². The van der Waals surface area contributed by atoms with Crippen molar-refractivity contribution in [1.82, 2.24) is 9.80 Å². The first-order chi connectivity index (χ1) is 12.5. The molecule has 0 aromatic heterocycles. The molecule has 8 heteroatoms. The summed E-state index contributed by atoms with van der Waals surface area (Å²) in [6.45, 7) is 2.62. The molecular formula is C18H24N2O5S. The third-order valence-electron chi connectivity index (χ3n) is 4.87. The van der Waals surface area contributed by atoms with Gasteiger partial charge in [-0.1, -0.05) is 18.2 Å². The van der Waals surface area contributed by atoms with Crippen LogP contribution in [0.1, 0.15) is 19.3 Å². The number of rotatable bonds is 5. The number of ether oxygens (including phenoxy) is 1. The maximum absolute atomic E-state index is 12.7. The lowest BCUT2D eigenvalue weighted by molar-refractivity contribution is -0.146. The number of carbonyl (C=O) groups excluding carboxylic acids is 2. The highest BCUT2D eigenvalue weighted by atomic mass is 32.2. The molecule has 0 radical (unpaired) electrons. The number of amides is 2. The zero-order valence-electron chi connectivity index (χ0n) is 14.7. The Balaban J connectivity index is 1.60. The fourth-order valence-corrected chi connectivity index (χ4v) is 4.68. The van der Waals surface area contributed by atoms with Crippen LogP contribution in [0.2, 0.25) is 0 Å². The van der Waals surface area contributed by atoms with Crippen LogP contribution < -0.4 is 0 Å². The van der Waals surface area contributed by atoms with Crippen LogP contribution in [0.3, 0.4) is 0 Å². The van der Waals surface area contributed by atoms with E-state index in [0.717, 1.165) is 6.42 Å². The fraction of sp³-hybridized carbons (Fsp3) is 0.556. The van der Waals surface area contributed by atoms with E-state index in [0.29, 0.717) is 39.3 Å². The highest BCUT2D eigenvalue weighted by molar-refractivity contribution is 7.91. The summed E-state index contributed by atoms with van der Waals surface area (Å²) in [6, 6.07) is 7.65. The fourth-order valence-electron chi connectivity index (χ4n) is 3.43. The second-order valence-corrected chi connectivity index (χ2v) is 8.67. The Morgan fingerprint density at radius 3 is 2.46 bits per heavy atom. The van der Waals surface area contributed by atoms with Crippen molar-refractivity contribution in [3.05, 3.63) is 30.3 Å². The van der Waals surface area contributed by atoms with Crippen molar-refractivity contribution in [1.29, 1.82) is 0 Å². The van der Waals surface area contributed by atoms with Gasteiger partial charge in [-0.25, -0.2) is 8.42 Å². The second kappa shape index (κ2) is 8.18. The number of benzene rings is 1. The van der Waals surface area contributed by atoms with Gasteiger partial charge in [-0.2, -0.15) is 0 Å². The number of hydrogen-bond acceptors (Lipinski definition) is 5. The number of hydrogen-bond donors (Lipinski definition) is 0. The molecule has 1 aromatic carbocycles. The molecule has 0 bridgehead atoms. The summed E-state index contributed by atoms with van der Waals surface area (Å²) in [6.07, 6.45) is 1.29. The average Bonchev–Trinajstić information content (AvgIpc) is 3.17. The Labute approximate surface area is 153 Å². The quantitative estimate of drug-likeness (QED) is 0.751. The van der Waals surface area contributed by atoms with Crippen LogP contribution in [-0.2, 0) is 24.2 Å². The number of likely N-dealkylation sites (tertiary alicyclic amines) is 1. The summed E-state index contributed by atoms with van der Waals surface area (Å²) in [5, 5.41) is 0. The predicted octanol–water partition coefficient (Wildman–Crippen LogP) is 0.700. The molecule has 0 N–H and O–H groups in total. The molecule has 2 saturated heterocycles. The highest BCUT2D eigenvalue weighted by Gasteiger charge is 2.37. The van der Waals surface area contributed by atoms with E-state index >= 15 is 0 Å². The lowest BCUT2D eigenvalue weighted by Gasteiger charge is -2.32. The smallest absolute Gasteiger partial charge is 0.245 e. The maximum atomic E-state index is 12.7. The van der Waals surface area contributed by atoms with E-state index in [1.54, 1.807) is 28.0 Å². The summed E-state index contributed by atoms with van der Waals surface area (Å²) in [5.41, 5.74) is 0. The number of sulfone groups is 1. The van der Waals surface area contributed by atoms with Gasteiger partial charge in [-0.15, -0.1) is 0 Å². The van der Waals surface area contributed by atoms with E-state index < -0.39 is 15.9 Å². The third kappa shape index (κ3) is 4.24. The van der Waals surface area contributed by atoms with Gasteiger partial charge in [0, 0.05) is 26.1 Å². The third-order valence-corrected chi connectivity index (χ3v) is 6.60. The monoisotopic (exact) mass is 380 g/mol. The molecule has 3 rings (SSSR count). The zero-order chi connectivity index (χ0) is 18.6. The maximum Gasteiger partial charge on any atom is 0.245 e. The van der Waals surface area contributed by atoms with E-state index in [4.69, 9.17) is 4.74 Å². The number of nitrogens with zero attached hydrogens (tertiary/aromatic N) is 2. The Kier molecular flexibility index (Phi) is 5.93. The van der Waals surface area contributed by atoms with Crippen LogP contribution in [0.5, 0.6) is 0 Å². The van der Waals surface area contributed by atoms with Crippen LogP contribution in [0, 0.1) is 0 Å². The summed E-state index contributed by atoms with van der Waals surface area (Å²) in [7, 11) is -3.50. The molecule has 26 heavy (non-hydrogen) atoms. The molecule has 0 unspecified atom stereocenters. The van der Waals surface area contributed by atoms with Crippen LogP contribution in [0.4, 0.5) is 0 Å². The number of morpholine rings is 1. The molecule has 2 aliphatic heterocycles. The summed E-state index contributed by atoms with van der Waals surface area (Å²) < 4.78 is 30.0. The van der Waals surface area contributed by atoms with E-state index in [2.05, 4.69) is 0 Å². The molecule has 1 atom stereocenters. The first-order valence-electron chi connectivity index (χ1n) is 8.93. The highest BCUT2D eigenvalue weighted by Crippen LogP contribution is 2.22. The Morgan fingerprint density at radius 2 is 1.77 bits per heavy atom. The molecule has 2 heterocycles. The molecule has 0 saturated carbocycles. The van der Waals surface area contributed by atoms with Crippen molar-refractivity contribution in [2.75, 3.05) is 38.6 Å². The van der Waals surface area contributed by atoms with Gasteiger partial charge < -0.3 is 14.5 Å². The normalized spacial score (nSPS) is 21.0. The van der Waals surface area contributed by atoms with E-state index in [1.807, 2.05) is 0 Å². The molecular weight excluding hydrogens is 356 g/mol. The lowest BCUT2D eigenvalue weighted by Crippen LogP contribution is -2.51. The lowest BCUT2D eigenvalue weighted by atomic mass is 10.1. The predicted molar refractivity (Wildman–Crippen MR) is 95.2 cm³/mol. The van der Waals surface area contributed by atoms with Crippen LogP contribution in [-0.4, -0.2) is 74.7 Å². The second-order valence-electron chi connectivity index (χ2n) is 6.56. The van der Waals surface area contributed by atoms with Gasteiger partial charge in [0.25, 0.3) is 0 Å². The first-order valence-corrected chi connectivity index (χ1v) is 10.6. The average molecular weight is 380 g/mol. The SMILES string of the molecule is O=C([C@H]1CCCN1C(=O)CCS(=O)(=O)c1ccccc1)N1CCOCC1. The Hall–Kier alpha value is -1.93. The van der Waals surface area contributed by atoms with Crippen molar-refractivity contribution in [2.45, 2.75) is 30.2 Å². The van der Waals surface area contributed by atoms with Crippen LogP contribution in [0.15, 0.2) is 35.2 Å². The molecule has 2 aliphatic rings. The minimum atomic E-state index is -3.50. The topological polar surface area (TPSA) is 84.0 Å². The Morgan fingerprint density at radius 1 is 1.08 bits per heavy atom. The molecule has 7 nitrogen and oxygen atoms in total. The first kappa shape index (κ1) is 18.8. The Bertz CT molecular complexity index is 744. The van der Waals surface area contributed by atoms with Gasteiger partial charge in [0.05, 0.1) is 23.9 Å². The molecule has 2 amide bonds. The van der Waals surface area contributed by atoms with Crippen molar-refractivity contribution < 1.29 is 22.7 Å².